The van der Waals surface area contributed by atoms with Crippen molar-refractivity contribution in [3.8, 4) is 22.3 Å². The first kappa shape index (κ1) is 45.1. The molecule has 57 heavy (non-hydrogen) atoms. The quantitative estimate of drug-likeness (QED) is 0.119. The van der Waals surface area contributed by atoms with Crippen LogP contribution in [0.2, 0.25) is 6.55 Å². The predicted molar refractivity (Wildman–Crippen MR) is 253 cm³/mol. The Morgan fingerprint density at radius 2 is 0.772 bits per heavy atom. The molecule has 9 rings (SSSR count). The van der Waals surface area contributed by atoms with E-state index in [1.54, 1.807) is 0 Å². The van der Waals surface area contributed by atoms with Crippen molar-refractivity contribution >= 4 is 57.8 Å². The summed E-state index contributed by atoms with van der Waals surface area (Å²) in [5, 5.41) is 12.0. The van der Waals surface area contributed by atoms with Crippen LogP contribution in [0.1, 0.15) is 50.7 Å². The molecule has 0 aliphatic rings. The maximum atomic E-state index is 3.60. The van der Waals surface area contributed by atoms with Gasteiger partial charge in [-0.1, -0.05) is 191 Å². The zero-order valence-corrected chi connectivity index (χ0v) is 39.1. The minimum atomic E-state index is 0. The number of benzene rings is 7. The molecule has 0 saturated heterocycles. The van der Waals surface area contributed by atoms with E-state index in [4.69, 9.17) is 0 Å². The van der Waals surface area contributed by atoms with Gasteiger partial charge in [-0.05, 0) is 32.7 Å². The predicted octanol–water partition coefficient (Wildman–Crippen LogP) is 15.7. The fraction of sp³-hybridized carbons (Fsp3) is 0.164. The van der Waals surface area contributed by atoms with Gasteiger partial charge in [0.15, 0.2) is 0 Å². The molecule has 9 aromatic rings. The van der Waals surface area contributed by atoms with Gasteiger partial charge in [-0.15, -0.1) is 69.1 Å². The smallest absolute Gasteiger partial charge is 0.343 e. The van der Waals surface area contributed by atoms with Crippen LogP contribution in [0.3, 0.4) is 0 Å². The molecule has 0 atom stereocenters. The summed E-state index contributed by atoms with van der Waals surface area (Å²) in [6, 6.07) is 63.0. The Kier molecular flexibility index (Phi) is 18.6. The van der Waals surface area contributed by atoms with Crippen molar-refractivity contribution in [2.24, 2.45) is 0 Å². The average Bonchev–Trinajstić information content (AvgIpc) is 3.85. The molecule has 0 N–H and O–H groups in total. The van der Waals surface area contributed by atoms with E-state index >= 15 is 0 Å². The summed E-state index contributed by atoms with van der Waals surface area (Å²) in [6.07, 6.45) is 4.56. The van der Waals surface area contributed by atoms with Gasteiger partial charge in [0.25, 0.3) is 0 Å². The summed E-state index contributed by atoms with van der Waals surface area (Å²) >= 11 is 0. The molecule has 0 aliphatic carbocycles. The maximum absolute atomic E-state index is 3.60. The van der Waals surface area contributed by atoms with E-state index in [0.29, 0.717) is 0 Å². The molecular weight excluding hydrogens is 867 g/mol. The molecule has 0 aliphatic heterocycles. The molecule has 0 unspecified atom stereocenters. The van der Waals surface area contributed by atoms with Gasteiger partial charge >= 0.3 is 25.8 Å². The number of fused-ring (bicyclic) bond motifs is 4. The molecule has 0 saturated carbocycles. The third-order valence-corrected chi connectivity index (χ3v) is 10.6. The zero-order valence-electron chi connectivity index (χ0n) is 34.5. The van der Waals surface area contributed by atoms with Gasteiger partial charge < -0.3 is 13.8 Å². The second-order valence-corrected chi connectivity index (χ2v) is 15.1. The van der Waals surface area contributed by atoms with Crippen molar-refractivity contribution in [2.45, 2.75) is 59.9 Å². The van der Waals surface area contributed by atoms with E-state index in [1.807, 2.05) is 6.07 Å². The molecule has 0 nitrogen and oxygen atoms in total. The van der Waals surface area contributed by atoms with Crippen molar-refractivity contribution in [2.75, 3.05) is 0 Å². The Morgan fingerprint density at radius 1 is 0.439 bits per heavy atom. The Morgan fingerprint density at radius 3 is 1.14 bits per heavy atom. The normalized spacial score (nSPS) is 10.2. The molecule has 0 fully saturated rings. The van der Waals surface area contributed by atoms with Crippen LogP contribution >= 0.6 is 0 Å². The monoisotopic (exact) mass is 924 g/mol. The Hall–Kier alpha value is -4.63. The summed E-state index contributed by atoms with van der Waals surface area (Å²) in [4.78, 5) is 0. The fourth-order valence-corrected chi connectivity index (χ4v) is 7.29. The van der Waals surface area contributed by atoms with Gasteiger partial charge in [0.1, 0.15) is 0 Å². The molecule has 0 amide bonds. The number of hydrogen-bond acceptors (Lipinski definition) is 0. The third-order valence-electron chi connectivity index (χ3n) is 9.72. The largest absolute Gasteiger partial charge is 4.00 e. The number of aryl methyl sites for hydroxylation is 2. The van der Waals surface area contributed by atoms with Crippen molar-refractivity contribution in [1.29, 1.82) is 0 Å². The van der Waals surface area contributed by atoms with Crippen molar-refractivity contribution in [1.82, 2.24) is 0 Å². The van der Waals surface area contributed by atoms with E-state index in [2.05, 4.69) is 218 Å². The summed E-state index contributed by atoms with van der Waals surface area (Å²) < 4.78 is 0. The average molecular weight is 924 g/mol. The Bertz CT molecular complexity index is 2360. The minimum Gasteiger partial charge on any atom is -0.343 e. The van der Waals surface area contributed by atoms with Crippen LogP contribution in [0.5, 0.6) is 0 Å². The van der Waals surface area contributed by atoms with Gasteiger partial charge in [0.05, 0.1) is 9.52 Å². The van der Waals surface area contributed by atoms with Gasteiger partial charge in [0, 0.05) is 0 Å². The first-order valence-electron chi connectivity index (χ1n) is 20.0. The first-order valence-corrected chi connectivity index (χ1v) is 21.5. The third kappa shape index (κ3) is 12.2. The molecule has 0 spiro atoms. The number of unbranched alkanes of at least 4 members (excludes halogenated alkanes) is 2. The second kappa shape index (κ2) is 23.6. The molecule has 284 valence electrons. The van der Waals surface area contributed by atoms with Crippen LogP contribution in [0.4, 0.5) is 0 Å². The summed E-state index contributed by atoms with van der Waals surface area (Å²) in [5.74, 6) is 0. The van der Waals surface area contributed by atoms with Crippen LogP contribution in [0, 0.1) is 27.7 Å². The maximum Gasteiger partial charge on any atom is 4.00 e. The summed E-state index contributed by atoms with van der Waals surface area (Å²) in [7, 11) is 0.930. The van der Waals surface area contributed by atoms with Gasteiger partial charge in [0.2, 0.25) is 0 Å². The van der Waals surface area contributed by atoms with Gasteiger partial charge in [-0.25, -0.2) is 0 Å². The van der Waals surface area contributed by atoms with E-state index in [9.17, 15) is 0 Å². The molecule has 0 heterocycles. The Labute approximate surface area is 364 Å². The standard InChI is InChI=1S/2C20H15.C7H8Si.2C4H9.Hf/c2*1-14-12-16-8-5-11-19(20(16)13-14)18-10-4-7-15-6-2-3-9-17(15)18;1-8-7-5-3-2-4-6-7;2*1-3-4-2;/h2*2-13H,1H3;2-6H,1H3;2*1,3-4H2,2H3;/q2*-1;;2*-1;+4. The molecular formula is C55H56HfSi. The summed E-state index contributed by atoms with van der Waals surface area (Å²) in [6.45, 7) is 18.0. The fourth-order valence-electron chi connectivity index (χ4n) is 6.76. The number of hydrogen-bond donors (Lipinski definition) is 0. The minimum absolute atomic E-state index is 0. The Balaban J connectivity index is 0.000000182. The van der Waals surface area contributed by atoms with E-state index in [1.165, 1.54) is 94.5 Å². The van der Waals surface area contributed by atoms with Crippen molar-refractivity contribution in [3.63, 3.8) is 0 Å². The second-order valence-electron chi connectivity index (χ2n) is 14.1. The first-order chi connectivity index (χ1) is 27.4. The molecule has 2 heteroatoms. The van der Waals surface area contributed by atoms with Crippen LogP contribution in [-0.2, 0) is 25.8 Å². The van der Waals surface area contributed by atoms with E-state index in [-0.39, 0.29) is 25.8 Å². The van der Waals surface area contributed by atoms with Gasteiger partial charge in [-0.2, -0.15) is 25.0 Å². The molecule has 2 radical (unpaired) electrons. The topological polar surface area (TPSA) is 0 Å². The molecule has 0 bridgehead atoms. The zero-order chi connectivity index (χ0) is 39.7. The molecule has 0 aromatic heterocycles. The SMILES string of the molecule is C[Si]c1ccccc1.Cc1cc2c(-c3cccc4ccccc34)cccc2[cH-]1.Cc1cc2c(-c3cccc4ccccc34)cccc2[cH-]1.[CH2-]CCC.[CH2-]CCC.[Hf+4]. The van der Waals surface area contributed by atoms with Crippen LogP contribution < -0.4 is 5.19 Å². The number of rotatable bonds is 5. The van der Waals surface area contributed by atoms with Crippen LogP contribution in [0.15, 0.2) is 176 Å². The van der Waals surface area contributed by atoms with Crippen molar-refractivity contribution in [3.05, 3.63) is 201 Å². The summed E-state index contributed by atoms with van der Waals surface area (Å²) in [5.41, 5.74) is 7.94. The van der Waals surface area contributed by atoms with Crippen LogP contribution in [0.25, 0.3) is 65.3 Å². The van der Waals surface area contributed by atoms with Crippen molar-refractivity contribution < 1.29 is 25.8 Å². The van der Waals surface area contributed by atoms with E-state index in [0.717, 1.165) is 22.4 Å². The van der Waals surface area contributed by atoms with Gasteiger partial charge in [-0.3, -0.25) is 0 Å². The van der Waals surface area contributed by atoms with E-state index < -0.39 is 0 Å². The van der Waals surface area contributed by atoms with Crippen LogP contribution in [-0.4, -0.2) is 9.52 Å². The molecule has 9 aromatic carbocycles.